The predicted molar refractivity (Wildman–Crippen MR) is 99.0 cm³/mol. The van der Waals surface area contributed by atoms with Gasteiger partial charge in [0.15, 0.2) is 0 Å². The molecule has 0 aliphatic carbocycles. The maximum atomic E-state index is 4.55. The maximum absolute atomic E-state index is 4.55. The second-order valence-electron chi connectivity index (χ2n) is 5.90. The Bertz CT molecular complexity index is 800. The van der Waals surface area contributed by atoms with E-state index in [-0.39, 0.29) is 0 Å². The van der Waals surface area contributed by atoms with E-state index in [1.165, 1.54) is 16.7 Å². The fraction of sp³-hybridized carbons (Fsp3) is 0.200. The molecule has 0 radical (unpaired) electrons. The molecule has 0 atom stereocenters. The van der Waals surface area contributed by atoms with Crippen LogP contribution in [0.5, 0.6) is 0 Å². The van der Waals surface area contributed by atoms with Crippen molar-refractivity contribution in [2.45, 2.75) is 26.9 Å². The summed E-state index contributed by atoms with van der Waals surface area (Å²) in [6.45, 7) is 5.53. The van der Waals surface area contributed by atoms with E-state index in [9.17, 15) is 0 Å². The Labute approximate surface area is 143 Å². The Morgan fingerprint density at radius 1 is 0.750 bits per heavy atom. The first-order valence-corrected chi connectivity index (χ1v) is 8.12. The normalized spacial score (nSPS) is 10.4. The molecule has 0 unspecified atom stereocenters. The molecule has 0 fully saturated rings. The number of hydrogen-bond acceptors (Lipinski definition) is 4. The molecule has 2 N–H and O–H groups in total. The monoisotopic (exact) mass is 318 g/mol. The van der Waals surface area contributed by atoms with Crippen LogP contribution in [0.2, 0.25) is 0 Å². The molecular formula is C20H22N4. The molecule has 1 heterocycles. The van der Waals surface area contributed by atoms with Crippen LogP contribution in [0.3, 0.4) is 0 Å². The van der Waals surface area contributed by atoms with Crippen LogP contribution in [0, 0.1) is 13.8 Å². The molecule has 4 heteroatoms. The van der Waals surface area contributed by atoms with E-state index in [1.54, 1.807) is 0 Å². The van der Waals surface area contributed by atoms with Gasteiger partial charge in [-0.2, -0.15) is 4.98 Å². The van der Waals surface area contributed by atoms with Crippen LogP contribution in [0.4, 0.5) is 11.8 Å². The molecule has 0 amide bonds. The first-order valence-electron chi connectivity index (χ1n) is 8.12. The lowest BCUT2D eigenvalue weighted by Crippen LogP contribution is -2.08. The van der Waals surface area contributed by atoms with Gasteiger partial charge >= 0.3 is 0 Å². The molecule has 0 saturated carbocycles. The zero-order valence-corrected chi connectivity index (χ0v) is 14.1. The van der Waals surface area contributed by atoms with Crippen molar-refractivity contribution in [2.75, 3.05) is 10.6 Å². The van der Waals surface area contributed by atoms with Gasteiger partial charge in [-0.1, -0.05) is 60.2 Å². The Kier molecular flexibility index (Phi) is 5.06. The number of rotatable bonds is 6. The van der Waals surface area contributed by atoms with Gasteiger partial charge in [0.05, 0.1) is 0 Å². The zero-order chi connectivity index (χ0) is 16.8. The molecule has 3 rings (SSSR count). The first-order chi connectivity index (χ1) is 11.7. The zero-order valence-electron chi connectivity index (χ0n) is 14.1. The lowest BCUT2D eigenvalue weighted by molar-refractivity contribution is 1.01. The Morgan fingerprint density at radius 2 is 1.50 bits per heavy atom. The lowest BCUT2D eigenvalue weighted by Gasteiger charge is -2.10. The van der Waals surface area contributed by atoms with E-state index < -0.39 is 0 Å². The highest BCUT2D eigenvalue weighted by Gasteiger charge is 2.03. The number of hydrogen-bond donors (Lipinski definition) is 2. The summed E-state index contributed by atoms with van der Waals surface area (Å²) in [4.78, 5) is 9.02. The smallest absolute Gasteiger partial charge is 0.225 e. The molecule has 3 aromatic rings. The molecule has 1 aromatic heterocycles. The summed E-state index contributed by atoms with van der Waals surface area (Å²) in [5.41, 5.74) is 4.64. The number of nitrogens with one attached hydrogen (secondary N) is 2. The minimum atomic E-state index is 0.645. The van der Waals surface area contributed by atoms with E-state index >= 15 is 0 Å². The molecule has 0 aliphatic rings. The Hall–Kier alpha value is -2.88. The molecule has 0 aliphatic heterocycles. The third-order valence-electron chi connectivity index (χ3n) is 3.70. The van der Waals surface area contributed by atoms with E-state index in [0.717, 1.165) is 18.1 Å². The molecule has 0 bridgehead atoms. The summed E-state index contributed by atoms with van der Waals surface area (Å²) in [7, 11) is 0. The van der Waals surface area contributed by atoms with Gasteiger partial charge in [0.2, 0.25) is 5.95 Å². The van der Waals surface area contributed by atoms with Crippen LogP contribution in [0.25, 0.3) is 0 Å². The van der Waals surface area contributed by atoms with Crippen molar-refractivity contribution in [3.05, 3.63) is 83.0 Å². The van der Waals surface area contributed by atoms with Crippen LogP contribution in [0.15, 0.2) is 60.7 Å². The van der Waals surface area contributed by atoms with Crippen LogP contribution in [-0.4, -0.2) is 9.97 Å². The van der Waals surface area contributed by atoms with Crippen molar-refractivity contribution in [1.82, 2.24) is 9.97 Å². The Morgan fingerprint density at radius 3 is 2.29 bits per heavy atom. The first kappa shape index (κ1) is 16.0. The van der Waals surface area contributed by atoms with Crippen LogP contribution >= 0.6 is 0 Å². The summed E-state index contributed by atoms with van der Waals surface area (Å²) >= 11 is 0. The average Bonchev–Trinajstić information content (AvgIpc) is 2.59. The third kappa shape index (κ3) is 4.56. The van der Waals surface area contributed by atoms with Crippen molar-refractivity contribution >= 4 is 11.8 Å². The van der Waals surface area contributed by atoms with E-state index in [2.05, 4.69) is 63.9 Å². The standard InChI is InChI=1S/C20H22N4/c1-15-7-6-10-18(11-15)14-22-20-23-16(2)12-19(24-20)21-13-17-8-4-3-5-9-17/h3-12H,13-14H2,1-2H3,(H2,21,22,23,24). The molecule has 2 aromatic carbocycles. The van der Waals surface area contributed by atoms with Gasteiger partial charge in [-0.05, 0) is 25.0 Å². The summed E-state index contributed by atoms with van der Waals surface area (Å²) in [5.74, 6) is 1.48. The quantitative estimate of drug-likeness (QED) is 0.711. The fourth-order valence-electron chi connectivity index (χ4n) is 2.53. The van der Waals surface area contributed by atoms with Crippen molar-refractivity contribution in [2.24, 2.45) is 0 Å². The molecule has 0 saturated heterocycles. The van der Waals surface area contributed by atoms with E-state index in [1.807, 2.05) is 31.2 Å². The maximum Gasteiger partial charge on any atom is 0.225 e. The lowest BCUT2D eigenvalue weighted by atomic mass is 10.1. The summed E-state index contributed by atoms with van der Waals surface area (Å²) in [6, 6.07) is 20.7. The summed E-state index contributed by atoms with van der Waals surface area (Å²) in [6.07, 6.45) is 0. The van der Waals surface area contributed by atoms with Gasteiger partial charge < -0.3 is 10.6 Å². The molecule has 122 valence electrons. The Balaban J connectivity index is 1.65. The van der Waals surface area contributed by atoms with Crippen LogP contribution in [-0.2, 0) is 13.1 Å². The van der Waals surface area contributed by atoms with Gasteiger partial charge in [0, 0.05) is 24.8 Å². The van der Waals surface area contributed by atoms with Crippen molar-refractivity contribution in [3.8, 4) is 0 Å². The molecule has 4 nitrogen and oxygen atoms in total. The summed E-state index contributed by atoms with van der Waals surface area (Å²) < 4.78 is 0. The number of anilines is 2. The highest BCUT2D eigenvalue weighted by atomic mass is 15.1. The van der Waals surface area contributed by atoms with Gasteiger partial charge in [0.1, 0.15) is 5.82 Å². The fourth-order valence-corrected chi connectivity index (χ4v) is 2.53. The highest BCUT2D eigenvalue weighted by Crippen LogP contribution is 2.13. The number of aryl methyl sites for hydroxylation is 2. The highest BCUT2D eigenvalue weighted by molar-refractivity contribution is 5.43. The number of nitrogens with zero attached hydrogens (tertiary/aromatic N) is 2. The van der Waals surface area contributed by atoms with Crippen molar-refractivity contribution < 1.29 is 0 Å². The largest absolute Gasteiger partial charge is 0.366 e. The van der Waals surface area contributed by atoms with Crippen LogP contribution < -0.4 is 10.6 Å². The molecular weight excluding hydrogens is 296 g/mol. The number of benzene rings is 2. The van der Waals surface area contributed by atoms with Gasteiger partial charge in [-0.3, -0.25) is 0 Å². The third-order valence-corrected chi connectivity index (χ3v) is 3.70. The van der Waals surface area contributed by atoms with E-state index in [4.69, 9.17) is 0 Å². The molecule has 0 spiro atoms. The number of aromatic nitrogens is 2. The minimum absolute atomic E-state index is 0.645. The second-order valence-corrected chi connectivity index (χ2v) is 5.90. The second kappa shape index (κ2) is 7.59. The topological polar surface area (TPSA) is 49.8 Å². The van der Waals surface area contributed by atoms with Gasteiger partial charge in [-0.15, -0.1) is 0 Å². The molecule has 24 heavy (non-hydrogen) atoms. The summed E-state index contributed by atoms with van der Waals surface area (Å²) in [5, 5.41) is 6.66. The van der Waals surface area contributed by atoms with Gasteiger partial charge in [0.25, 0.3) is 0 Å². The van der Waals surface area contributed by atoms with Crippen LogP contribution in [0.1, 0.15) is 22.4 Å². The van der Waals surface area contributed by atoms with Gasteiger partial charge in [-0.25, -0.2) is 4.98 Å². The van der Waals surface area contributed by atoms with Crippen molar-refractivity contribution in [1.29, 1.82) is 0 Å². The average molecular weight is 318 g/mol. The van der Waals surface area contributed by atoms with E-state index in [0.29, 0.717) is 12.5 Å². The SMILES string of the molecule is Cc1cccc(CNc2nc(C)cc(NCc3ccccc3)n2)c1. The van der Waals surface area contributed by atoms with Crippen molar-refractivity contribution in [3.63, 3.8) is 0 Å². The predicted octanol–water partition coefficient (Wildman–Crippen LogP) is 4.32. The minimum Gasteiger partial charge on any atom is -0.366 e.